The van der Waals surface area contributed by atoms with Crippen molar-refractivity contribution >= 4 is 17.5 Å². The Morgan fingerprint density at radius 3 is 2.25 bits per heavy atom. The smallest absolute Gasteiger partial charge is 0.266 e. The lowest BCUT2D eigenvalue weighted by Crippen LogP contribution is -2.32. The molecule has 0 aliphatic carbocycles. The Balaban J connectivity index is 2.57. The molecule has 0 N–H and O–H groups in total. The van der Waals surface area contributed by atoms with E-state index in [1.165, 1.54) is 24.4 Å². The second-order valence-electron chi connectivity index (χ2n) is 4.13. The highest BCUT2D eigenvalue weighted by molar-refractivity contribution is 6.34. The zero-order valence-corrected chi connectivity index (χ0v) is 11.0. The first-order valence-electron chi connectivity index (χ1n) is 6.08. The van der Waals surface area contributed by atoms with Gasteiger partial charge in [0, 0.05) is 6.20 Å². The summed E-state index contributed by atoms with van der Waals surface area (Å²) in [6, 6.07) is 1.30. The Hall–Kier alpha value is -2.56. The van der Waals surface area contributed by atoms with Crippen molar-refractivity contribution in [2.75, 3.05) is 4.90 Å². The first-order valence-corrected chi connectivity index (χ1v) is 6.08. The van der Waals surface area contributed by atoms with Crippen LogP contribution in [0.15, 0.2) is 48.7 Å². The molecule has 0 atom stereocenters. The summed E-state index contributed by atoms with van der Waals surface area (Å²) in [5, 5.41) is 0. The van der Waals surface area contributed by atoms with Crippen molar-refractivity contribution in [3.05, 3.63) is 60.2 Å². The Morgan fingerprint density at radius 1 is 1.25 bits per heavy atom. The van der Waals surface area contributed by atoms with E-state index in [4.69, 9.17) is 0 Å². The number of aromatic nitrogens is 1. The van der Waals surface area contributed by atoms with Crippen LogP contribution in [0.4, 0.5) is 10.1 Å². The maximum Gasteiger partial charge on any atom is 0.266 e. The molecule has 2 heterocycles. The van der Waals surface area contributed by atoms with E-state index < -0.39 is 17.6 Å². The molecule has 0 saturated heterocycles. The van der Waals surface area contributed by atoms with Crippen LogP contribution in [0.25, 0.3) is 0 Å². The van der Waals surface area contributed by atoms with Gasteiger partial charge in [0.1, 0.15) is 0 Å². The van der Waals surface area contributed by atoms with E-state index in [-0.39, 0.29) is 22.5 Å². The van der Waals surface area contributed by atoms with Gasteiger partial charge in [-0.25, -0.2) is 9.29 Å². The number of hydrogen-bond acceptors (Lipinski definition) is 3. The summed E-state index contributed by atoms with van der Waals surface area (Å²) >= 11 is 0. The second-order valence-corrected chi connectivity index (χ2v) is 4.13. The van der Waals surface area contributed by atoms with Crippen molar-refractivity contribution in [3.8, 4) is 0 Å². The van der Waals surface area contributed by atoms with Gasteiger partial charge >= 0.3 is 0 Å². The van der Waals surface area contributed by atoms with Crippen LogP contribution in [0.5, 0.6) is 0 Å². The van der Waals surface area contributed by atoms with Crippen LogP contribution in [0.2, 0.25) is 0 Å². The van der Waals surface area contributed by atoms with Crippen molar-refractivity contribution in [2.45, 2.75) is 13.3 Å². The zero-order chi connectivity index (χ0) is 14.9. The van der Waals surface area contributed by atoms with Crippen molar-refractivity contribution in [1.29, 1.82) is 0 Å². The fraction of sp³-hybridized carbons (Fsp3) is 0.133. The zero-order valence-electron chi connectivity index (χ0n) is 11.0. The van der Waals surface area contributed by atoms with Crippen LogP contribution >= 0.6 is 0 Å². The summed E-state index contributed by atoms with van der Waals surface area (Å²) in [6.07, 6.45) is 4.29. The molecule has 0 spiro atoms. The summed E-state index contributed by atoms with van der Waals surface area (Å²) in [6.45, 7) is 8.74. The summed E-state index contributed by atoms with van der Waals surface area (Å²) in [5.41, 5.74) is 0.358. The molecule has 1 aliphatic heterocycles. The number of pyridine rings is 1. The SMILES string of the molecule is C=CC1=C(C=C)C(=O)N(c2ccnc(CC)c2F)C1=O. The molecule has 1 aliphatic rings. The van der Waals surface area contributed by atoms with E-state index in [0.717, 1.165) is 4.90 Å². The number of aryl methyl sites for hydroxylation is 1. The lowest BCUT2D eigenvalue weighted by molar-refractivity contribution is -0.120. The summed E-state index contributed by atoms with van der Waals surface area (Å²) in [5.74, 6) is -1.87. The molecular formula is C15H13FN2O2. The Morgan fingerprint density at radius 2 is 1.80 bits per heavy atom. The summed E-state index contributed by atoms with van der Waals surface area (Å²) in [7, 11) is 0. The minimum absolute atomic E-state index is 0.0944. The number of nitrogens with zero attached hydrogens (tertiary/aromatic N) is 2. The first-order chi connectivity index (χ1) is 9.56. The van der Waals surface area contributed by atoms with Gasteiger partial charge < -0.3 is 0 Å². The first kappa shape index (κ1) is 13.9. The minimum Gasteiger partial charge on any atom is -0.268 e. The topological polar surface area (TPSA) is 50.3 Å². The molecule has 0 saturated carbocycles. The van der Waals surface area contributed by atoms with E-state index in [0.29, 0.717) is 6.42 Å². The third kappa shape index (κ3) is 1.87. The average Bonchev–Trinajstić information content (AvgIpc) is 2.69. The third-order valence-corrected chi connectivity index (χ3v) is 3.08. The van der Waals surface area contributed by atoms with Crippen molar-refractivity contribution < 1.29 is 14.0 Å². The molecule has 0 fully saturated rings. The van der Waals surface area contributed by atoms with Crippen LogP contribution in [-0.2, 0) is 16.0 Å². The third-order valence-electron chi connectivity index (χ3n) is 3.08. The number of carbonyl (C=O) groups is 2. The van der Waals surface area contributed by atoms with Gasteiger partial charge in [-0.1, -0.05) is 32.2 Å². The highest BCUT2D eigenvalue weighted by atomic mass is 19.1. The lowest BCUT2D eigenvalue weighted by Gasteiger charge is -2.16. The largest absolute Gasteiger partial charge is 0.268 e. The molecule has 0 bridgehead atoms. The molecule has 0 unspecified atom stereocenters. The van der Waals surface area contributed by atoms with E-state index in [1.54, 1.807) is 6.92 Å². The maximum atomic E-state index is 14.3. The standard InChI is InChI=1S/C15H13FN2O2/c1-4-9-10(5-2)15(20)18(14(9)19)12-7-8-17-11(6-3)13(12)16/h4-5,7-8H,1-2,6H2,3H3. The van der Waals surface area contributed by atoms with Crippen LogP contribution in [0.3, 0.4) is 0 Å². The number of amides is 2. The number of imide groups is 1. The molecule has 0 radical (unpaired) electrons. The monoisotopic (exact) mass is 272 g/mol. The van der Waals surface area contributed by atoms with E-state index in [1.807, 2.05) is 0 Å². The lowest BCUT2D eigenvalue weighted by atomic mass is 10.1. The fourth-order valence-electron chi connectivity index (χ4n) is 2.07. The van der Waals surface area contributed by atoms with Gasteiger partial charge in [0.2, 0.25) is 0 Å². The van der Waals surface area contributed by atoms with Gasteiger partial charge in [0.25, 0.3) is 11.8 Å². The van der Waals surface area contributed by atoms with E-state index in [9.17, 15) is 14.0 Å². The molecule has 5 heteroatoms. The van der Waals surface area contributed by atoms with Crippen LogP contribution in [0.1, 0.15) is 12.6 Å². The molecule has 102 valence electrons. The predicted molar refractivity (Wildman–Crippen MR) is 73.5 cm³/mol. The van der Waals surface area contributed by atoms with Gasteiger partial charge in [0.05, 0.1) is 22.5 Å². The van der Waals surface area contributed by atoms with Gasteiger partial charge in [-0.15, -0.1) is 0 Å². The number of carbonyl (C=O) groups excluding carboxylic acids is 2. The van der Waals surface area contributed by atoms with Gasteiger partial charge in [-0.2, -0.15) is 0 Å². The summed E-state index contributed by atoms with van der Waals surface area (Å²) < 4.78 is 14.3. The Kier molecular flexibility index (Phi) is 3.61. The number of anilines is 1. The van der Waals surface area contributed by atoms with Crippen LogP contribution < -0.4 is 4.90 Å². The number of rotatable bonds is 4. The van der Waals surface area contributed by atoms with Crippen molar-refractivity contribution in [2.24, 2.45) is 0 Å². The van der Waals surface area contributed by atoms with Crippen molar-refractivity contribution in [1.82, 2.24) is 4.98 Å². The molecule has 2 amide bonds. The highest BCUT2D eigenvalue weighted by Gasteiger charge is 2.38. The Labute approximate surface area is 115 Å². The fourth-order valence-corrected chi connectivity index (χ4v) is 2.07. The van der Waals surface area contributed by atoms with Gasteiger partial charge in [0.15, 0.2) is 5.82 Å². The molecule has 0 aromatic carbocycles. The van der Waals surface area contributed by atoms with Gasteiger partial charge in [-0.05, 0) is 12.5 Å². The van der Waals surface area contributed by atoms with E-state index >= 15 is 0 Å². The molecule has 4 nitrogen and oxygen atoms in total. The minimum atomic E-state index is -0.662. The van der Waals surface area contributed by atoms with Crippen molar-refractivity contribution in [3.63, 3.8) is 0 Å². The summed E-state index contributed by atoms with van der Waals surface area (Å²) in [4.78, 5) is 29.1. The van der Waals surface area contributed by atoms with Gasteiger partial charge in [-0.3, -0.25) is 14.6 Å². The average molecular weight is 272 g/mol. The molecule has 2 rings (SSSR count). The van der Waals surface area contributed by atoms with E-state index in [2.05, 4.69) is 18.1 Å². The second kappa shape index (κ2) is 5.21. The normalized spacial score (nSPS) is 15.0. The molecular weight excluding hydrogens is 259 g/mol. The molecule has 1 aromatic heterocycles. The quantitative estimate of drug-likeness (QED) is 0.790. The number of halogens is 1. The highest BCUT2D eigenvalue weighted by Crippen LogP contribution is 2.30. The number of hydrogen-bond donors (Lipinski definition) is 0. The maximum absolute atomic E-state index is 14.3. The molecule has 1 aromatic rings. The predicted octanol–water partition coefficient (Wildman–Crippen LogP) is 2.32. The Bertz CT molecular complexity index is 632. The van der Waals surface area contributed by atoms with Crippen LogP contribution in [0, 0.1) is 5.82 Å². The molecule has 20 heavy (non-hydrogen) atoms. The van der Waals surface area contributed by atoms with Crippen LogP contribution in [-0.4, -0.2) is 16.8 Å².